The zero-order chi connectivity index (χ0) is 22.8. The molecular weight excluding hydrogens is 410 g/mol. The second-order valence-electron chi connectivity index (χ2n) is 9.47. The summed E-state index contributed by atoms with van der Waals surface area (Å²) in [5.74, 6) is 6.31. The van der Waals surface area contributed by atoms with Crippen LogP contribution in [0.4, 0.5) is 4.79 Å². The summed E-state index contributed by atoms with van der Waals surface area (Å²) >= 11 is 0. The Balaban J connectivity index is 1.27. The Morgan fingerprint density at radius 2 is 1.55 bits per heavy atom. The van der Waals surface area contributed by atoms with Gasteiger partial charge in [-0.2, -0.15) is 0 Å². The molecule has 4 heteroatoms. The molecule has 0 spiro atoms. The first-order chi connectivity index (χ1) is 16.2. The number of carbonyl (C=O) groups excluding carboxylic acids is 2. The van der Waals surface area contributed by atoms with Gasteiger partial charge in [0.15, 0.2) is 0 Å². The quantitative estimate of drug-likeness (QED) is 0.552. The van der Waals surface area contributed by atoms with Crippen molar-refractivity contribution in [3.8, 4) is 23.0 Å². The smallest absolute Gasteiger partial charge is 0.410 e. The maximum Gasteiger partial charge on any atom is 0.410 e. The van der Waals surface area contributed by atoms with Crippen molar-refractivity contribution in [1.82, 2.24) is 4.90 Å². The summed E-state index contributed by atoms with van der Waals surface area (Å²) in [6.07, 6.45) is 5.39. The molecule has 0 N–H and O–H groups in total. The van der Waals surface area contributed by atoms with Gasteiger partial charge in [-0.05, 0) is 54.4 Å². The number of ketones is 1. The third-order valence-electron chi connectivity index (χ3n) is 7.54. The van der Waals surface area contributed by atoms with Gasteiger partial charge in [0.2, 0.25) is 0 Å². The van der Waals surface area contributed by atoms with Crippen LogP contribution in [0.3, 0.4) is 0 Å². The van der Waals surface area contributed by atoms with Crippen LogP contribution in [0.2, 0.25) is 0 Å². The van der Waals surface area contributed by atoms with E-state index in [4.69, 9.17) is 4.74 Å². The van der Waals surface area contributed by atoms with Crippen molar-refractivity contribution in [2.75, 3.05) is 6.61 Å². The Labute approximate surface area is 196 Å². The summed E-state index contributed by atoms with van der Waals surface area (Å²) in [7, 11) is 0. The van der Waals surface area contributed by atoms with E-state index in [0.29, 0.717) is 13.0 Å². The van der Waals surface area contributed by atoms with Crippen molar-refractivity contribution in [2.24, 2.45) is 5.92 Å². The van der Waals surface area contributed by atoms with Crippen LogP contribution < -0.4 is 0 Å². The molecule has 2 aromatic rings. The molecule has 0 saturated carbocycles. The number of piperidine rings is 2. The van der Waals surface area contributed by atoms with Gasteiger partial charge in [0, 0.05) is 30.3 Å². The molecule has 2 aromatic carbocycles. The molecule has 3 aliphatic rings. The Kier molecular flexibility index (Phi) is 6.22. The van der Waals surface area contributed by atoms with Crippen LogP contribution in [0.1, 0.15) is 68.9 Å². The number of amides is 1. The van der Waals surface area contributed by atoms with Crippen molar-refractivity contribution in [3.05, 3.63) is 59.7 Å². The minimum absolute atomic E-state index is 0.0177. The molecule has 170 valence electrons. The first kappa shape index (κ1) is 21.8. The van der Waals surface area contributed by atoms with Gasteiger partial charge in [-0.25, -0.2) is 4.79 Å². The predicted molar refractivity (Wildman–Crippen MR) is 129 cm³/mol. The lowest BCUT2D eigenvalue weighted by molar-refractivity contribution is -0.125. The van der Waals surface area contributed by atoms with Crippen LogP contribution >= 0.6 is 0 Å². The topological polar surface area (TPSA) is 46.6 Å². The molecule has 1 aliphatic carbocycles. The van der Waals surface area contributed by atoms with E-state index in [1.807, 2.05) is 11.8 Å². The van der Waals surface area contributed by atoms with E-state index in [9.17, 15) is 9.59 Å². The highest BCUT2D eigenvalue weighted by molar-refractivity contribution is 5.84. The van der Waals surface area contributed by atoms with Crippen molar-refractivity contribution in [1.29, 1.82) is 0 Å². The van der Waals surface area contributed by atoms with Crippen LogP contribution in [0.15, 0.2) is 48.5 Å². The first-order valence-electron chi connectivity index (χ1n) is 12.3. The highest BCUT2D eigenvalue weighted by Crippen LogP contribution is 2.45. The molecule has 2 bridgehead atoms. The Morgan fingerprint density at radius 3 is 2.15 bits per heavy atom. The molecule has 2 heterocycles. The number of nitrogens with zero attached hydrogens (tertiary/aromatic N) is 1. The normalized spacial score (nSPS) is 23.2. The van der Waals surface area contributed by atoms with Crippen molar-refractivity contribution in [2.45, 2.75) is 69.9 Å². The number of rotatable bonds is 4. The minimum atomic E-state index is -0.219. The summed E-state index contributed by atoms with van der Waals surface area (Å²) < 4.78 is 5.97. The van der Waals surface area contributed by atoms with Gasteiger partial charge in [-0.1, -0.05) is 61.4 Å². The van der Waals surface area contributed by atoms with Gasteiger partial charge in [0.05, 0.1) is 6.42 Å². The number of hydrogen-bond acceptors (Lipinski definition) is 3. The molecule has 33 heavy (non-hydrogen) atoms. The number of hydrogen-bond donors (Lipinski definition) is 0. The molecule has 2 unspecified atom stereocenters. The van der Waals surface area contributed by atoms with Gasteiger partial charge in [-0.3, -0.25) is 4.79 Å². The van der Waals surface area contributed by atoms with E-state index >= 15 is 0 Å². The highest BCUT2D eigenvalue weighted by atomic mass is 16.6. The van der Waals surface area contributed by atoms with Crippen LogP contribution in [-0.2, 0) is 9.53 Å². The largest absolute Gasteiger partial charge is 0.448 e. The molecule has 4 nitrogen and oxygen atoms in total. The molecule has 0 radical (unpaired) electrons. The zero-order valence-corrected chi connectivity index (χ0v) is 19.3. The summed E-state index contributed by atoms with van der Waals surface area (Å²) in [6.45, 7) is 2.34. The van der Waals surface area contributed by atoms with Crippen LogP contribution in [0.25, 0.3) is 11.1 Å². The SMILES string of the molecule is CCC#CCC(=O)C1CC2CCCC(C1)N2C(=O)OCC1c2ccccc2-c2ccccc21. The van der Waals surface area contributed by atoms with E-state index in [1.165, 1.54) is 22.3 Å². The van der Waals surface area contributed by atoms with E-state index in [2.05, 4.69) is 60.4 Å². The first-order valence-corrected chi connectivity index (χ1v) is 12.3. The lowest BCUT2D eigenvalue weighted by Gasteiger charge is -2.47. The van der Waals surface area contributed by atoms with Crippen molar-refractivity contribution < 1.29 is 14.3 Å². The fourth-order valence-corrected chi connectivity index (χ4v) is 6.03. The van der Waals surface area contributed by atoms with Crippen molar-refractivity contribution in [3.63, 3.8) is 0 Å². The third kappa shape index (κ3) is 4.17. The van der Waals surface area contributed by atoms with E-state index in [-0.39, 0.29) is 35.8 Å². The summed E-state index contributed by atoms with van der Waals surface area (Å²) in [5, 5.41) is 0. The molecule has 2 atom stereocenters. The second kappa shape index (κ2) is 9.43. The minimum Gasteiger partial charge on any atom is -0.448 e. The molecular formula is C29H31NO3. The number of benzene rings is 2. The summed E-state index contributed by atoms with van der Waals surface area (Å²) in [4.78, 5) is 27.9. The average Bonchev–Trinajstić information content (AvgIpc) is 3.15. The number of Topliss-reactive ketones (excluding diaryl/α,β-unsaturated/α-hetero) is 1. The fraction of sp³-hybridized carbons (Fsp3) is 0.448. The monoisotopic (exact) mass is 441 g/mol. The maximum absolute atomic E-state index is 13.3. The van der Waals surface area contributed by atoms with Crippen LogP contribution in [-0.4, -0.2) is 35.5 Å². The van der Waals surface area contributed by atoms with Gasteiger partial charge >= 0.3 is 6.09 Å². The van der Waals surface area contributed by atoms with Gasteiger partial charge < -0.3 is 9.64 Å². The van der Waals surface area contributed by atoms with Gasteiger partial charge in [0.25, 0.3) is 0 Å². The molecule has 2 saturated heterocycles. The Bertz CT molecular complexity index is 1050. The number of fused-ring (bicyclic) bond motifs is 5. The third-order valence-corrected chi connectivity index (χ3v) is 7.54. The molecule has 2 aliphatic heterocycles. The standard InChI is InChI=1S/C29H31NO3/c1-2-3-4-16-28(31)20-17-21-10-9-11-22(18-20)30(21)29(32)33-19-27-25-14-7-5-12-23(25)24-13-6-8-15-26(24)27/h5-8,12-15,20-22,27H,2,9-11,16-19H2,1H3. The number of carbonyl (C=O) groups is 2. The molecule has 2 fully saturated rings. The van der Waals surface area contributed by atoms with E-state index in [1.54, 1.807) is 0 Å². The zero-order valence-electron chi connectivity index (χ0n) is 19.3. The predicted octanol–water partition coefficient (Wildman–Crippen LogP) is 5.94. The lowest BCUT2D eigenvalue weighted by Crippen LogP contribution is -2.55. The van der Waals surface area contributed by atoms with Crippen LogP contribution in [0.5, 0.6) is 0 Å². The maximum atomic E-state index is 13.3. The van der Waals surface area contributed by atoms with Gasteiger partial charge in [0.1, 0.15) is 12.4 Å². The summed E-state index contributed by atoms with van der Waals surface area (Å²) in [5.41, 5.74) is 4.92. The van der Waals surface area contributed by atoms with E-state index < -0.39 is 0 Å². The average molecular weight is 442 g/mol. The summed E-state index contributed by atoms with van der Waals surface area (Å²) in [6, 6.07) is 17.0. The molecule has 5 rings (SSSR count). The highest BCUT2D eigenvalue weighted by Gasteiger charge is 2.43. The van der Waals surface area contributed by atoms with Crippen molar-refractivity contribution >= 4 is 11.9 Å². The Hall–Kier alpha value is -3.06. The van der Waals surface area contributed by atoms with E-state index in [0.717, 1.165) is 38.5 Å². The van der Waals surface area contributed by atoms with Gasteiger partial charge in [-0.15, -0.1) is 5.92 Å². The number of ether oxygens (including phenoxy) is 1. The molecule has 1 amide bonds. The van der Waals surface area contributed by atoms with Crippen LogP contribution in [0, 0.1) is 17.8 Å². The Morgan fingerprint density at radius 1 is 0.939 bits per heavy atom. The fourth-order valence-electron chi connectivity index (χ4n) is 6.03. The molecule has 0 aromatic heterocycles. The lowest BCUT2D eigenvalue weighted by atomic mass is 9.76. The second-order valence-corrected chi connectivity index (χ2v) is 9.47.